The second-order valence-electron chi connectivity index (χ2n) is 5.93. The van der Waals surface area contributed by atoms with Crippen molar-refractivity contribution < 1.29 is 27.5 Å². The number of nitrogens with one attached hydrogen (secondary N) is 2. The summed E-state index contributed by atoms with van der Waals surface area (Å²) in [6, 6.07) is 11.5. The van der Waals surface area contributed by atoms with Gasteiger partial charge in [0.05, 0.1) is 10.5 Å². The summed E-state index contributed by atoms with van der Waals surface area (Å²) in [5.41, 5.74) is 0.941. The molecule has 152 valence electrons. The van der Waals surface area contributed by atoms with Gasteiger partial charge in [0.15, 0.2) is 12.4 Å². The van der Waals surface area contributed by atoms with E-state index in [-0.39, 0.29) is 22.8 Å². The van der Waals surface area contributed by atoms with E-state index in [1.54, 1.807) is 18.2 Å². The van der Waals surface area contributed by atoms with Gasteiger partial charge in [0.25, 0.3) is 5.91 Å². The molecule has 0 unspecified atom stereocenters. The zero-order chi connectivity index (χ0) is 21.4. The highest BCUT2D eigenvalue weighted by atomic mass is 32.2. The number of hydrogen-bond acceptors (Lipinski definition) is 6. The van der Waals surface area contributed by atoms with Gasteiger partial charge in [0.2, 0.25) is 10.0 Å². The molecular formula is C20H20N2O6S. The fourth-order valence-corrected chi connectivity index (χ4v) is 3.25. The van der Waals surface area contributed by atoms with E-state index in [1.165, 1.54) is 43.3 Å². The van der Waals surface area contributed by atoms with Crippen molar-refractivity contribution in [3.05, 3.63) is 72.3 Å². The third-order valence-corrected chi connectivity index (χ3v) is 5.14. The van der Waals surface area contributed by atoms with Gasteiger partial charge in [-0.25, -0.2) is 17.9 Å². The molecule has 9 heteroatoms. The summed E-state index contributed by atoms with van der Waals surface area (Å²) >= 11 is 0. The van der Waals surface area contributed by atoms with Crippen LogP contribution in [0.4, 0.5) is 5.69 Å². The average Bonchev–Trinajstić information content (AvgIpc) is 2.70. The Bertz CT molecular complexity index is 1030. The number of amides is 1. The molecule has 8 nitrogen and oxygen atoms in total. The van der Waals surface area contributed by atoms with Crippen molar-refractivity contribution in [2.45, 2.75) is 11.8 Å². The van der Waals surface area contributed by atoms with Crippen molar-refractivity contribution in [2.75, 3.05) is 18.5 Å². The fraction of sp³-hybridized carbons (Fsp3) is 0.150. The van der Waals surface area contributed by atoms with Gasteiger partial charge in [-0.2, -0.15) is 0 Å². The fourth-order valence-electron chi connectivity index (χ4n) is 2.25. The smallest absolute Gasteiger partial charge is 0.338 e. The number of carbonyl (C=O) groups excluding carboxylic acids is 3. The van der Waals surface area contributed by atoms with Crippen molar-refractivity contribution in [3.8, 4) is 0 Å². The summed E-state index contributed by atoms with van der Waals surface area (Å²) in [6.45, 7) is 4.39. The Kier molecular flexibility index (Phi) is 7.40. The van der Waals surface area contributed by atoms with Crippen LogP contribution in [-0.2, 0) is 19.6 Å². The molecule has 0 aliphatic carbocycles. The zero-order valence-corrected chi connectivity index (χ0v) is 16.5. The van der Waals surface area contributed by atoms with Crippen LogP contribution in [-0.4, -0.2) is 39.2 Å². The zero-order valence-electron chi connectivity index (χ0n) is 15.7. The number of sulfonamides is 1. The summed E-state index contributed by atoms with van der Waals surface area (Å²) in [5.74, 6) is -1.50. The highest BCUT2D eigenvalue weighted by Gasteiger charge is 2.15. The molecule has 0 saturated carbocycles. The minimum Gasteiger partial charge on any atom is -0.452 e. The summed E-state index contributed by atoms with van der Waals surface area (Å²) < 4.78 is 31.2. The number of carbonyl (C=O) groups is 3. The van der Waals surface area contributed by atoms with Crippen LogP contribution >= 0.6 is 0 Å². The number of hydrogen-bond donors (Lipinski definition) is 2. The Labute approximate surface area is 168 Å². The number of rotatable bonds is 9. The second-order valence-corrected chi connectivity index (χ2v) is 7.69. The first-order valence-electron chi connectivity index (χ1n) is 8.51. The molecule has 0 atom stereocenters. The molecule has 0 aromatic heterocycles. The molecule has 2 aromatic carbocycles. The van der Waals surface area contributed by atoms with Crippen molar-refractivity contribution in [1.29, 1.82) is 0 Å². The molecule has 0 fully saturated rings. The highest BCUT2D eigenvalue weighted by molar-refractivity contribution is 7.89. The van der Waals surface area contributed by atoms with Gasteiger partial charge in [-0.05, 0) is 43.3 Å². The van der Waals surface area contributed by atoms with Gasteiger partial charge in [0.1, 0.15) is 0 Å². The first-order valence-corrected chi connectivity index (χ1v) is 10.00. The number of ketones is 1. The lowest BCUT2D eigenvalue weighted by Crippen LogP contribution is -2.23. The molecule has 2 rings (SSSR count). The van der Waals surface area contributed by atoms with E-state index < -0.39 is 28.5 Å². The predicted molar refractivity (Wildman–Crippen MR) is 107 cm³/mol. The maximum absolute atomic E-state index is 12.1. The van der Waals surface area contributed by atoms with Gasteiger partial charge in [0, 0.05) is 17.8 Å². The topological polar surface area (TPSA) is 119 Å². The Hall–Kier alpha value is -3.30. The molecule has 0 aliphatic rings. The molecule has 0 saturated heterocycles. The Morgan fingerprint density at radius 3 is 2.38 bits per heavy atom. The number of Topliss-reactive ketones (excluding diaryl/α,β-unsaturated/α-hetero) is 1. The Morgan fingerprint density at radius 2 is 1.76 bits per heavy atom. The molecule has 0 aliphatic heterocycles. The Morgan fingerprint density at radius 1 is 1.07 bits per heavy atom. The molecule has 2 aromatic rings. The summed E-state index contributed by atoms with van der Waals surface area (Å²) in [4.78, 5) is 35.3. The van der Waals surface area contributed by atoms with Crippen LogP contribution in [0.5, 0.6) is 0 Å². The van der Waals surface area contributed by atoms with Crippen LogP contribution in [0.25, 0.3) is 0 Å². The maximum atomic E-state index is 12.1. The molecular weight excluding hydrogens is 396 g/mol. The van der Waals surface area contributed by atoms with E-state index >= 15 is 0 Å². The van der Waals surface area contributed by atoms with Crippen molar-refractivity contribution in [1.82, 2.24) is 4.72 Å². The van der Waals surface area contributed by atoms with Crippen LogP contribution in [0, 0.1) is 0 Å². The van der Waals surface area contributed by atoms with Crippen molar-refractivity contribution >= 4 is 33.4 Å². The van der Waals surface area contributed by atoms with Crippen molar-refractivity contribution in [3.63, 3.8) is 0 Å². The molecule has 2 N–H and O–H groups in total. The number of benzene rings is 2. The maximum Gasteiger partial charge on any atom is 0.338 e. The summed E-state index contributed by atoms with van der Waals surface area (Å²) in [6.07, 6.45) is 1.41. The molecule has 0 heterocycles. The molecule has 1 amide bonds. The van der Waals surface area contributed by atoms with E-state index in [1.807, 2.05) is 0 Å². The SMILES string of the molecule is C=CCNS(=O)(=O)c1ccc(C(=O)OCC(=O)Nc2cccc(C(C)=O)c2)cc1. The normalized spacial score (nSPS) is 10.8. The summed E-state index contributed by atoms with van der Waals surface area (Å²) in [7, 11) is -3.70. The monoisotopic (exact) mass is 416 g/mol. The van der Waals surface area contributed by atoms with Crippen LogP contribution in [0.15, 0.2) is 66.1 Å². The molecule has 0 bridgehead atoms. The molecule has 29 heavy (non-hydrogen) atoms. The molecule has 0 spiro atoms. The third kappa shape index (κ3) is 6.37. The first kappa shape index (κ1) is 22.0. The van der Waals surface area contributed by atoms with Crippen LogP contribution in [0.2, 0.25) is 0 Å². The second kappa shape index (κ2) is 9.76. The van der Waals surface area contributed by atoms with E-state index in [4.69, 9.17) is 4.74 Å². The van der Waals surface area contributed by atoms with Crippen LogP contribution in [0.1, 0.15) is 27.6 Å². The minimum absolute atomic E-state index is 0.0148. The van der Waals surface area contributed by atoms with Gasteiger partial charge >= 0.3 is 5.97 Å². The highest BCUT2D eigenvalue weighted by Crippen LogP contribution is 2.13. The van der Waals surface area contributed by atoms with Crippen LogP contribution in [0.3, 0.4) is 0 Å². The minimum atomic E-state index is -3.70. The summed E-state index contributed by atoms with van der Waals surface area (Å²) in [5, 5.41) is 2.53. The number of anilines is 1. The van der Waals surface area contributed by atoms with Crippen LogP contribution < -0.4 is 10.0 Å². The van der Waals surface area contributed by atoms with Gasteiger partial charge in [-0.1, -0.05) is 18.2 Å². The lowest BCUT2D eigenvalue weighted by atomic mass is 10.1. The van der Waals surface area contributed by atoms with Crippen molar-refractivity contribution in [2.24, 2.45) is 0 Å². The quantitative estimate of drug-likeness (QED) is 0.367. The van der Waals surface area contributed by atoms with E-state index in [9.17, 15) is 22.8 Å². The van der Waals surface area contributed by atoms with E-state index in [0.717, 1.165) is 0 Å². The third-order valence-electron chi connectivity index (χ3n) is 3.71. The lowest BCUT2D eigenvalue weighted by molar-refractivity contribution is -0.119. The van der Waals surface area contributed by atoms with Gasteiger partial charge < -0.3 is 10.1 Å². The largest absolute Gasteiger partial charge is 0.452 e. The van der Waals surface area contributed by atoms with E-state index in [0.29, 0.717) is 11.3 Å². The van der Waals surface area contributed by atoms with Gasteiger partial charge in [-0.3, -0.25) is 9.59 Å². The Balaban J connectivity index is 1.93. The number of esters is 1. The number of ether oxygens (including phenoxy) is 1. The molecule has 0 radical (unpaired) electrons. The van der Waals surface area contributed by atoms with E-state index in [2.05, 4.69) is 16.6 Å². The lowest BCUT2D eigenvalue weighted by Gasteiger charge is -2.08. The van der Waals surface area contributed by atoms with Gasteiger partial charge in [-0.15, -0.1) is 6.58 Å². The first-order chi connectivity index (χ1) is 13.7. The standard InChI is InChI=1S/C20H20N2O6S/c1-3-11-21-29(26,27)18-9-7-15(8-10-18)20(25)28-13-19(24)22-17-6-4-5-16(12-17)14(2)23/h3-10,12,21H,1,11,13H2,2H3,(H,22,24). The average molecular weight is 416 g/mol. The predicted octanol–water partition coefficient (Wildman–Crippen LogP) is 2.15.